The van der Waals surface area contributed by atoms with Gasteiger partial charge in [0.05, 0.1) is 6.85 Å². The molecular weight excluding hydrogens is 599 g/mol. The molecule has 230 valence electrons. The first kappa shape index (κ1) is 23.6. The molecule has 0 aliphatic carbocycles. The van der Waals surface area contributed by atoms with Crippen LogP contribution >= 0.6 is 0 Å². The molecule has 0 unspecified atom stereocenters. The van der Waals surface area contributed by atoms with E-state index >= 15 is 0 Å². The van der Waals surface area contributed by atoms with Crippen molar-refractivity contribution >= 4 is 21.9 Å². The van der Waals surface area contributed by atoms with E-state index in [1.807, 2.05) is 78.9 Å². The summed E-state index contributed by atoms with van der Waals surface area (Å²) < 4.78 is 48.2. The zero-order chi connectivity index (χ0) is 36.9. The van der Waals surface area contributed by atoms with Crippen molar-refractivity contribution in [3.8, 4) is 67.5 Å². The van der Waals surface area contributed by atoms with E-state index in [1.165, 1.54) is 11.1 Å². The molecule has 0 fully saturated rings. The van der Waals surface area contributed by atoms with Gasteiger partial charge in [-0.3, -0.25) is 0 Å². The summed E-state index contributed by atoms with van der Waals surface area (Å²) in [6, 6.07) is 46.4. The molecule has 0 aliphatic rings. The second kappa shape index (κ2) is 12.2. The van der Waals surface area contributed by atoms with Crippen LogP contribution in [0.5, 0.6) is 0 Å². The van der Waals surface area contributed by atoms with Crippen molar-refractivity contribution in [3.63, 3.8) is 0 Å². The van der Waals surface area contributed by atoms with Gasteiger partial charge in [0, 0.05) is 33.0 Å². The minimum absolute atomic E-state index is 0.00845. The molecule has 0 N–H and O–H groups in total. The summed E-state index contributed by atoms with van der Waals surface area (Å²) in [6.45, 7) is 0. The van der Waals surface area contributed by atoms with E-state index in [0.717, 1.165) is 38.6 Å². The Morgan fingerprint density at radius 3 is 1.53 bits per heavy atom. The third-order valence-electron chi connectivity index (χ3n) is 8.67. The van der Waals surface area contributed by atoms with Crippen molar-refractivity contribution in [2.45, 2.75) is 0 Å². The highest BCUT2D eigenvalue weighted by Gasteiger charge is 2.16. The Balaban J connectivity index is 1.11. The predicted octanol–water partition coefficient (Wildman–Crippen LogP) is 11.8. The van der Waals surface area contributed by atoms with Crippen LogP contribution in [-0.2, 0) is 0 Å². The van der Waals surface area contributed by atoms with Gasteiger partial charge in [-0.05, 0) is 46.0 Å². The topological polar surface area (TPSA) is 51.8 Å². The molecule has 0 amide bonds. The summed E-state index contributed by atoms with van der Waals surface area (Å²) in [5.41, 5.74) is 9.33. The normalized spacial score (nSPS) is 12.7. The van der Waals surface area contributed by atoms with E-state index in [1.54, 1.807) is 0 Å². The fourth-order valence-electron chi connectivity index (χ4n) is 6.19. The number of nitrogens with zero attached hydrogens (tertiary/aromatic N) is 3. The molecule has 4 heteroatoms. The fourth-order valence-corrected chi connectivity index (χ4v) is 6.19. The number of fused-ring (bicyclic) bond motifs is 3. The molecule has 4 nitrogen and oxygen atoms in total. The molecule has 9 rings (SSSR count). The van der Waals surface area contributed by atoms with E-state index < -0.39 is 18.1 Å². The van der Waals surface area contributed by atoms with Gasteiger partial charge in [-0.2, -0.15) is 0 Å². The summed E-state index contributed by atoms with van der Waals surface area (Å²) in [5, 5.41) is 1.79. The second-order valence-corrected chi connectivity index (χ2v) is 11.7. The maximum Gasteiger partial charge on any atom is 0.164 e. The van der Waals surface area contributed by atoms with Crippen LogP contribution in [0.3, 0.4) is 0 Å². The minimum Gasteiger partial charge on any atom is -0.455 e. The first-order chi connectivity index (χ1) is 26.3. The lowest BCUT2D eigenvalue weighted by molar-refractivity contribution is 0.670. The maximum absolute atomic E-state index is 8.60. The highest BCUT2D eigenvalue weighted by molar-refractivity contribution is 6.10. The minimum atomic E-state index is -0.479. The molecule has 2 aromatic heterocycles. The average Bonchev–Trinajstić information content (AvgIpc) is 3.61. The van der Waals surface area contributed by atoms with Gasteiger partial charge in [0.25, 0.3) is 0 Å². The Kier molecular flexibility index (Phi) is 5.87. The summed E-state index contributed by atoms with van der Waals surface area (Å²) >= 11 is 0. The van der Waals surface area contributed by atoms with Gasteiger partial charge in [-0.15, -0.1) is 0 Å². The van der Waals surface area contributed by atoms with Crippen molar-refractivity contribution in [1.82, 2.24) is 15.0 Å². The largest absolute Gasteiger partial charge is 0.455 e. The van der Waals surface area contributed by atoms with Gasteiger partial charge < -0.3 is 4.42 Å². The second-order valence-electron chi connectivity index (χ2n) is 11.7. The number of aromatic nitrogens is 3. The first-order valence-corrected chi connectivity index (χ1v) is 15.9. The van der Waals surface area contributed by atoms with Crippen molar-refractivity contribution in [1.29, 1.82) is 0 Å². The van der Waals surface area contributed by atoms with Crippen LogP contribution in [0, 0.1) is 0 Å². The third kappa shape index (κ3) is 5.45. The third-order valence-corrected chi connectivity index (χ3v) is 8.67. The van der Waals surface area contributed by atoms with E-state index in [4.69, 9.17) is 21.2 Å². The molecule has 7 aromatic carbocycles. The van der Waals surface area contributed by atoms with E-state index in [9.17, 15) is 0 Å². The standard InChI is InChI=1S/C45H29N3O/c1-4-11-30(12-5-1)31-19-21-32(22-20-31)33-23-25-34(26-24-33)38-17-10-18-39-40-29-37(27-28-41(40)49-42(38)39)45-47-43(35-13-6-2-7-14-35)46-44(48-45)36-15-8-3-9-16-36/h1-29H/i2D,6D,7D,13D,14D. The summed E-state index contributed by atoms with van der Waals surface area (Å²) in [4.78, 5) is 14.1. The van der Waals surface area contributed by atoms with Gasteiger partial charge in [0.2, 0.25) is 0 Å². The molecule has 49 heavy (non-hydrogen) atoms. The van der Waals surface area contributed by atoms with Crippen LogP contribution in [0.15, 0.2) is 180 Å². The quantitative estimate of drug-likeness (QED) is 0.183. The SMILES string of the molecule is [2H]c1c([2H])c([2H])c(-c2nc(-c3ccccc3)nc(-c3ccc4oc5c(-c6ccc(-c7ccc(-c8ccccc8)cc7)cc6)cccc5c4c3)n2)c([2H])c1[2H]. The Bertz CT molecular complexity index is 2830. The van der Waals surface area contributed by atoms with E-state index in [-0.39, 0.29) is 23.5 Å². The summed E-state index contributed by atoms with van der Waals surface area (Å²) in [5.74, 6) is 0.605. The predicted molar refractivity (Wildman–Crippen MR) is 200 cm³/mol. The molecule has 0 spiro atoms. The molecule has 0 radical (unpaired) electrons. The number of hydrogen-bond acceptors (Lipinski definition) is 4. The highest BCUT2D eigenvalue weighted by Crippen LogP contribution is 2.38. The highest BCUT2D eigenvalue weighted by atomic mass is 16.3. The first-order valence-electron chi connectivity index (χ1n) is 18.4. The van der Waals surface area contributed by atoms with Gasteiger partial charge in [0.15, 0.2) is 17.5 Å². The zero-order valence-electron chi connectivity index (χ0n) is 31.1. The van der Waals surface area contributed by atoms with Crippen LogP contribution in [0.2, 0.25) is 0 Å². The van der Waals surface area contributed by atoms with Gasteiger partial charge >= 0.3 is 0 Å². The molecule has 0 atom stereocenters. The number of furan rings is 1. The average molecular weight is 633 g/mol. The van der Waals surface area contributed by atoms with Crippen molar-refractivity contribution in [2.75, 3.05) is 0 Å². The smallest absolute Gasteiger partial charge is 0.164 e. The molecule has 9 aromatic rings. The van der Waals surface area contributed by atoms with Crippen molar-refractivity contribution in [2.24, 2.45) is 0 Å². The van der Waals surface area contributed by atoms with E-state index in [0.29, 0.717) is 28.4 Å². The summed E-state index contributed by atoms with van der Waals surface area (Å²) in [6.07, 6.45) is 0. The van der Waals surface area contributed by atoms with Gasteiger partial charge in [0.1, 0.15) is 11.2 Å². The number of para-hydroxylation sites is 1. The monoisotopic (exact) mass is 632 g/mol. The zero-order valence-corrected chi connectivity index (χ0v) is 26.1. The van der Waals surface area contributed by atoms with E-state index in [2.05, 4.69) is 71.7 Å². The lowest BCUT2D eigenvalue weighted by atomic mass is 9.97. The van der Waals surface area contributed by atoms with Crippen LogP contribution in [0.4, 0.5) is 0 Å². The van der Waals surface area contributed by atoms with Gasteiger partial charge in [-0.1, -0.05) is 158 Å². The lowest BCUT2D eigenvalue weighted by Gasteiger charge is -2.08. The van der Waals surface area contributed by atoms with Crippen LogP contribution in [0.1, 0.15) is 6.85 Å². The Morgan fingerprint density at radius 2 is 0.898 bits per heavy atom. The molecule has 0 saturated heterocycles. The Morgan fingerprint density at radius 1 is 0.388 bits per heavy atom. The van der Waals surface area contributed by atoms with Crippen LogP contribution in [0.25, 0.3) is 89.5 Å². The van der Waals surface area contributed by atoms with Crippen LogP contribution < -0.4 is 0 Å². The van der Waals surface area contributed by atoms with Crippen LogP contribution in [-0.4, -0.2) is 15.0 Å². The Labute approximate surface area is 291 Å². The molecule has 0 saturated carbocycles. The number of benzene rings is 7. The Hall–Kier alpha value is -6.65. The maximum atomic E-state index is 8.60. The van der Waals surface area contributed by atoms with Crippen molar-refractivity contribution in [3.05, 3.63) is 176 Å². The van der Waals surface area contributed by atoms with Crippen molar-refractivity contribution < 1.29 is 11.3 Å². The molecule has 0 bridgehead atoms. The number of hydrogen-bond donors (Lipinski definition) is 0. The lowest BCUT2D eigenvalue weighted by Crippen LogP contribution is -2.00. The fraction of sp³-hybridized carbons (Fsp3) is 0. The summed E-state index contributed by atoms with van der Waals surface area (Å²) in [7, 11) is 0. The molecule has 0 aliphatic heterocycles. The van der Waals surface area contributed by atoms with Gasteiger partial charge in [-0.25, -0.2) is 15.0 Å². The molecule has 2 heterocycles. The molecular formula is C45H29N3O. The number of rotatable bonds is 6.